The Bertz CT molecular complexity index is 442. The van der Waals surface area contributed by atoms with Crippen molar-refractivity contribution in [1.29, 1.82) is 0 Å². The van der Waals surface area contributed by atoms with Gasteiger partial charge in [0.05, 0.1) is 0 Å². The Morgan fingerprint density at radius 3 is 3.00 bits per heavy atom. The molecule has 3 nitrogen and oxygen atoms in total. The first-order valence-electron chi connectivity index (χ1n) is 6.88. The first-order valence-corrected chi connectivity index (χ1v) is 9.15. The number of nitrogens with one attached hydrogen (secondary N) is 1. The molecule has 2 heterocycles. The van der Waals surface area contributed by atoms with E-state index in [9.17, 15) is 4.79 Å². The highest BCUT2D eigenvalue weighted by Crippen LogP contribution is 2.46. The van der Waals surface area contributed by atoms with Crippen molar-refractivity contribution in [3.63, 3.8) is 0 Å². The first-order chi connectivity index (χ1) is 9.27. The summed E-state index contributed by atoms with van der Waals surface area (Å²) < 4.78 is 0. The van der Waals surface area contributed by atoms with E-state index in [1.807, 2.05) is 11.8 Å². The minimum Gasteiger partial charge on any atom is -0.320 e. The minimum absolute atomic E-state index is 0.115. The SMILES string of the molecule is CSCCCCN1C(=O)C2(CC2)NC1c1cccs1. The Labute approximate surface area is 122 Å². The fourth-order valence-electron chi connectivity index (χ4n) is 2.71. The van der Waals surface area contributed by atoms with Crippen molar-refractivity contribution in [2.45, 2.75) is 37.4 Å². The van der Waals surface area contributed by atoms with Gasteiger partial charge >= 0.3 is 0 Å². The summed E-state index contributed by atoms with van der Waals surface area (Å²) in [5.74, 6) is 1.51. The number of carbonyl (C=O) groups excluding carboxylic acids is 1. The average molecular weight is 296 g/mol. The lowest BCUT2D eigenvalue weighted by Crippen LogP contribution is -2.33. The highest BCUT2D eigenvalue weighted by atomic mass is 32.2. The van der Waals surface area contributed by atoms with Crippen molar-refractivity contribution >= 4 is 29.0 Å². The van der Waals surface area contributed by atoms with Gasteiger partial charge in [0.25, 0.3) is 0 Å². The summed E-state index contributed by atoms with van der Waals surface area (Å²) in [5, 5.41) is 5.65. The van der Waals surface area contributed by atoms with Crippen LogP contribution in [0.2, 0.25) is 0 Å². The number of carbonyl (C=O) groups is 1. The monoisotopic (exact) mass is 296 g/mol. The third-order valence-corrected chi connectivity index (χ3v) is 5.58. The van der Waals surface area contributed by atoms with Crippen molar-refractivity contribution < 1.29 is 4.79 Å². The van der Waals surface area contributed by atoms with Crippen molar-refractivity contribution in [3.05, 3.63) is 22.4 Å². The molecule has 5 heteroatoms. The Morgan fingerprint density at radius 2 is 2.37 bits per heavy atom. The van der Waals surface area contributed by atoms with Crippen LogP contribution in [0.3, 0.4) is 0 Å². The van der Waals surface area contributed by atoms with Crippen LogP contribution in [0.5, 0.6) is 0 Å². The van der Waals surface area contributed by atoms with E-state index < -0.39 is 0 Å². The Morgan fingerprint density at radius 1 is 1.53 bits per heavy atom. The number of nitrogens with zero attached hydrogens (tertiary/aromatic N) is 1. The molecule has 19 heavy (non-hydrogen) atoms. The molecule has 2 aliphatic rings. The van der Waals surface area contributed by atoms with Gasteiger partial charge in [-0.25, -0.2) is 0 Å². The summed E-state index contributed by atoms with van der Waals surface area (Å²) in [6, 6.07) is 4.20. The molecule has 1 amide bonds. The van der Waals surface area contributed by atoms with E-state index in [-0.39, 0.29) is 11.7 Å². The predicted octanol–water partition coefficient (Wildman–Crippen LogP) is 2.85. The van der Waals surface area contributed by atoms with Crippen molar-refractivity contribution in [3.8, 4) is 0 Å². The van der Waals surface area contributed by atoms with Gasteiger partial charge < -0.3 is 4.90 Å². The third-order valence-electron chi connectivity index (χ3n) is 3.96. The van der Waals surface area contributed by atoms with E-state index in [4.69, 9.17) is 0 Å². The van der Waals surface area contributed by atoms with E-state index in [2.05, 4.69) is 34.0 Å². The van der Waals surface area contributed by atoms with Crippen LogP contribution >= 0.6 is 23.1 Å². The van der Waals surface area contributed by atoms with Gasteiger partial charge in [-0.3, -0.25) is 10.1 Å². The largest absolute Gasteiger partial charge is 0.320 e. The Hall–Kier alpha value is -0.520. The topological polar surface area (TPSA) is 32.3 Å². The van der Waals surface area contributed by atoms with E-state index in [1.165, 1.54) is 17.1 Å². The lowest BCUT2D eigenvalue weighted by Gasteiger charge is -2.23. The number of unbranched alkanes of at least 4 members (excludes halogenated alkanes) is 1. The molecule has 3 rings (SSSR count). The van der Waals surface area contributed by atoms with Crippen LogP contribution in [0.1, 0.15) is 36.7 Å². The van der Waals surface area contributed by atoms with Crippen LogP contribution in [0, 0.1) is 0 Å². The van der Waals surface area contributed by atoms with Gasteiger partial charge in [-0.2, -0.15) is 11.8 Å². The van der Waals surface area contributed by atoms with Gasteiger partial charge in [0.1, 0.15) is 11.7 Å². The fraction of sp³-hybridized carbons (Fsp3) is 0.643. The van der Waals surface area contributed by atoms with Crippen LogP contribution < -0.4 is 5.32 Å². The number of rotatable bonds is 6. The van der Waals surface area contributed by atoms with E-state index >= 15 is 0 Å². The van der Waals surface area contributed by atoms with Crippen LogP contribution in [0.4, 0.5) is 0 Å². The summed E-state index contributed by atoms with van der Waals surface area (Å²) in [6.45, 7) is 0.886. The van der Waals surface area contributed by atoms with E-state index in [0.29, 0.717) is 5.91 Å². The summed E-state index contributed by atoms with van der Waals surface area (Å²) in [6.07, 6.45) is 6.56. The summed E-state index contributed by atoms with van der Waals surface area (Å²) in [7, 11) is 0. The van der Waals surface area contributed by atoms with Crippen molar-refractivity contribution in [2.75, 3.05) is 18.6 Å². The highest BCUT2D eigenvalue weighted by Gasteiger charge is 2.59. The maximum absolute atomic E-state index is 12.5. The molecule has 1 aromatic heterocycles. The van der Waals surface area contributed by atoms with Gasteiger partial charge in [0.15, 0.2) is 0 Å². The quantitative estimate of drug-likeness (QED) is 0.819. The molecule has 0 aromatic carbocycles. The molecule has 1 atom stereocenters. The molecule has 1 saturated heterocycles. The Kier molecular flexibility index (Phi) is 3.87. The molecule has 1 N–H and O–H groups in total. The maximum Gasteiger partial charge on any atom is 0.244 e. The zero-order valence-corrected chi connectivity index (χ0v) is 12.9. The van der Waals surface area contributed by atoms with Gasteiger partial charge in [-0.15, -0.1) is 11.3 Å². The molecule has 2 fully saturated rings. The summed E-state index contributed by atoms with van der Waals surface area (Å²) in [4.78, 5) is 15.9. The lowest BCUT2D eigenvalue weighted by molar-refractivity contribution is -0.130. The standard InChI is InChI=1S/C14H20N2OS2/c1-18-9-3-2-8-16-12(11-5-4-10-19-11)15-14(6-7-14)13(16)17/h4-5,10,12,15H,2-3,6-9H2,1H3. The van der Waals surface area contributed by atoms with Crippen LogP contribution in [-0.4, -0.2) is 34.9 Å². The Balaban J connectivity index is 1.68. The molecule has 1 spiro atoms. The molecule has 1 aliphatic carbocycles. The molecule has 0 radical (unpaired) electrons. The highest BCUT2D eigenvalue weighted by molar-refractivity contribution is 7.98. The van der Waals surface area contributed by atoms with Gasteiger partial charge in [0.2, 0.25) is 5.91 Å². The van der Waals surface area contributed by atoms with Gasteiger partial charge in [-0.05, 0) is 49.1 Å². The second kappa shape index (κ2) is 5.46. The number of thioether (sulfide) groups is 1. The second-order valence-electron chi connectivity index (χ2n) is 5.34. The minimum atomic E-state index is -0.200. The van der Waals surface area contributed by atoms with E-state index in [0.717, 1.165) is 25.8 Å². The van der Waals surface area contributed by atoms with Crippen molar-refractivity contribution in [2.24, 2.45) is 0 Å². The number of hydrogen-bond donors (Lipinski definition) is 1. The van der Waals surface area contributed by atoms with E-state index in [1.54, 1.807) is 11.3 Å². The number of thiophene rings is 1. The summed E-state index contributed by atoms with van der Waals surface area (Å²) in [5.41, 5.74) is -0.200. The second-order valence-corrected chi connectivity index (χ2v) is 7.31. The zero-order valence-electron chi connectivity index (χ0n) is 11.2. The molecular formula is C14H20N2OS2. The van der Waals surface area contributed by atoms with Crippen LogP contribution in [-0.2, 0) is 4.79 Å². The molecular weight excluding hydrogens is 276 g/mol. The number of amides is 1. The lowest BCUT2D eigenvalue weighted by atomic mass is 10.2. The predicted molar refractivity (Wildman–Crippen MR) is 81.5 cm³/mol. The number of hydrogen-bond acceptors (Lipinski definition) is 4. The molecule has 1 unspecified atom stereocenters. The first kappa shape index (κ1) is 13.5. The maximum atomic E-state index is 12.5. The molecule has 1 saturated carbocycles. The normalized spacial score (nSPS) is 24.4. The third kappa shape index (κ3) is 2.56. The van der Waals surface area contributed by atoms with Crippen LogP contribution in [0.25, 0.3) is 0 Å². The van der Waals surface area contributed by atoms with Crippen LogP contribution in [0.15, 0.2) is 17.5 Å². The summed E-state index contributed by atoms with van der Waals surface area (Å²) >= 11 is 3.62. The van der Waals surface area contributed by atoms with Gasteiger partial charge in [-0.1, -0.05) is 6.07 Å². The van der Waals surface area contributed by atoms with Crippen molar-refractivity contribution in [1.82, 2.24) is 10.2 Å². The van der Waals surface area contributed by atoms with Gasteiger partial charge in [0, 0.05) is 11.4 Å². The molecule has 104 valence electrons. The molecule has 1 aromatic rings. The molecule has 0 bridgehead atoms. The molecule has 1 aliphatic heterocycles. The fourth-order valence-corrected chi connectivity index (χ4v) is 3.99. The average Bonchev–Trinajstić information content (AvgIpc) is 2.89. The zero-order chi connectivity index (χ0) is 13.3. The smallest absolute Gasteiger partial charge is 0.244 e.